The number of nitrogens with one attached hydrogen (secondary N) is 1. The van der Waals surface area contributed by atoms with E-state index in [1.165, 1.54) is 5.56 Å². The number of aromatic nitrogens is 2. The summed E-state index contributed by atoms with van der Waals surface area (Å²) in [6.07, 6.45) is 0.521. The van der Waals surface area contributed by atoms with Gasteiger partial charge in [-0.05, 0) is 40.8 Å². The molecule has 0 amide bonds. The molecule has 4 aromatic rings. The Morgan fingerprint density at radius 2 is 1.72 bits per heavy atom. The standard InChI is InChI=1S/C25H24Cl2N2O2S/c1-4-32(30,31)17-11-9-16(10-12-17)13-22-28-21-14-20(26)23(24(27)25(21)29-22)19-8-6-5-7-18(19)15(2)3/h5-12,14-15H,4,13H2,1-3H3,(H,28,29). The molecule has 0 aliphatic carbocycles. The van der Waals surface area contributed by atoms with Crippen molar-refractivity contribution >= 4 is 44.1 Å². The largest absolute Gasteiger partial charge is 0.342 e. The normalized spacial score (nSPS) is 12.1. The Kier molecular flexibility index (Phi) is 6.35. The number of sulfone groups is 1. The predicted molar refractivity (Wildman–Crippen MR) is 133 cm³/mol. The van der Waals surface area contributed by atoms with E-state index in [2.05, 4.69) is 24.9 Å². The Labute approximate surface area is 198 Å². The van der Waals surface area contributed by atoms with E-state index in [9.17, 15) is 8.42 Å². The average molecular weight is 487 g/mol. The zero-order valence-corrected chi connectivity index (χ0v) is 20.4. The highest BCUT2D eigenvalue weighted by atomic mass is 35.5. The molecule has 0 saturated carbocycles. The van der Waals surface area contributed by atoms with Gasteiger partial charge in [0.05, 0.1) is 26.2 Å². The fraction of sp³-hybridized carbons (Fsp3) is 0.240. The van der Waals surface area contributed by atoms with Crippen LogP contribution >= 0.6 is 23.2 Å². The first-order chi connectivity index (χ1) is 15.2. The molecule has 0 spiro atoms. The minimum atomic E-state index is -3.22. The highest BCUT2D eigenvalue weighted by Crippen LogP contribution is 2.42. The van der Waals surface area contributed by atoms with Gasteiger partial charge in [0.2, 0.25) is 0 Å². The second kappa shape index (κ2) is 8.89. The zero-order valence-electron chi connectivity index (χ0n) is 18.1. The van der Waals surface area contributed by atoms with E-state index in [0.29, 0.717) is 32.8 Å². The van der Waals surface area contributed by atoms with Crippen molar-refractivity contribution in [3.63, 3.8) is 0 Å². The van der Waals surface area contributed by atoms with Gasteiger partial charge in [-0.3, -0.25) is 0 Å². The van der Waals surface area contributed by atoms with E-state index in [-0.39, 0.29) is 5.75 Å². The van der Waals surface area contributed by atoms with Gasteiger partial charge in [-0.15, -0.1) is 0 Å². The first-order valence-corrected chi connectivity index (χ1v) is 12.9. The molecule has 7 heteroatoms. The molecule has 1 aromatic heterocycles. The lowest BCUT2D eigenvalue weighted by atomic mass is 9.92. The average Bonchev–Trinajstić information content (AvgIpc) is 3.17. The van der Waals surface area contributed by atoms with Crippen LogP contribution in [0.15, 0.2) is 59.5 Å². The maximum absolute atomic E-state index is 12.0. The summed E-state index contributed by atoms with van der Waals surface area (Å²) in [6.45, 7) is 5.92. The van der Waals surface area contributed by atoms with Crippen molar-refractivity contribution in [2.24, 2.45) is 0 Å². The molecule has 0 unspecified atom stereocenters. The van der Waals surface area contributed by atoms with E-state index < -0.39 is 9.84 Å². The molecule has 1 N–H and O–H groups in total. The molecule has 3 aromatic carbocycles. The Morgan fingerprint density at radius 3 is 2.38 bits per heavy atom. The van der Waals surface area contributed by atoms with Gasteiger partial charge in [0, 0.05) is 12.0 Å². The van der Waals surface area contributed by atoms with E-state index in [1.54, 1.807) is 19.1 Å². The highest BCUT2D eigenvalue weighted by molar-refractivity contribution is 7.91. The SMILES string of the molecule is CCS(=O)(=O)c1ccc(Cc2nc3c(Cl)c(-c4ccccc4C(C)C)c(Cl)cc3[nH]2)cc1. The molecule has 4 nitrogen and oxygen atoms in total. The summed E-state index contributed by atoms with van der Waals surface area (Å²) < 4.78 is 24.1. The predicted octanol–water partition coefficient (Wildman–Crippen LogP) is 7.04. The number of hydrogen-bond donors (Lipinski definition) is 1. The van der Waals surface area contributed by atoms with Crippen LogP contribution in [-0.4, -0.2) is 24.1 Å². The summed E-state index contributed by atoms with van der Waals surface area (Å²) in [5, 5.41) is 1.09. The van der Waals surface area contributed by atoms with Crippen LogP contribution in [0.4, 0.5) is 0 Å². The summed E-state index contributed by atoms with van der Waals surface area (Å²) in [4.78, 5) is 8.36. The van der Waals surface area contributed by atoms with Crippen molar-refractivity contribution in [2.45, 2.75) is 38.0 Å². The van der Waals surface area contributed by atoms with Crippen LogP contribution in [0.25, 0.3) is 22.2 Å². The lowest BCUT2D eigenvalue weighted by Crippen LogP contribution is -2.03. The van der Waals surface area contributed by atoms with E-state index in [0.717, 1.165) is 28.0 Å². The number of fused-ring (bicyclic) bond motifs is 1. The number of nitrogens with zero attached hydrogens (tertiary/aromatic N) is 1. The van der Waals surface area contributed by atoms with Gasteiger partial charge in [0.25, 0.3) is 0 Å². The Bertz CT molecular complexity index is 1390. The zero-order chi connectivity index (χ0) is 23.0. The quantitative estimate of drug-likeness (QED) is 0.317. The van der Waals surface area contributed by atoms with E-state index >= 15 is 0 Å². The van der Waals surface area contributed by atoms with Crippen molar-refractivity contribution < 1.29 is 8.42 Å². The maximum Gasteiger partial charge on any atom is 0.178 e. The number of rotatable bonds is 6. The molecule has 0 atom stereocenters. The van der Waals surface area contributed by atoms with E-state index in [1.807, 2.05) is 36.4 Å². The van der Waals surface area contributed by atoms with Gasteiger partial charge in [-0.1, -0.05) is 80.4 Å². The maximum atomic E-state index is 12.0. The molecule has 32 heavy (non-hydrogen) atoms. The van der Waals surface area contributed by atoms with Crippen LogP contribution in [0.2, 0.25) is 10.0 Å². The van der Waals surface area contributed by atoms with Crippen molar-refractivity contribution in [3.8, 4) is 11.1 Å². The van der Waals surface area contributed by atoms with E-state index in [4.69, 9.17) is 28.2 Å². The molecule has 1 heterocycles. The number of imidazole rings is 1. The second-order valence-corrected chi connectivity index (χ2v) is 11.2. The molecular formula is C25H24Cl2N2O2S. The van der Waals surface area contributed by atoms with Crippen molar-refractivity contribution in [2.75, 3.05) is 5.75 Å². The molecule has 4 rings (SSSR count). The number of hydrogen-bond acceptors (Lipinski definition) is 3. The number of H-pyrrole nitrogens is 1. The van der Waals surface area contributed by atoms with Crippen molar-refractivity contribution in [1.29, 1.82) is 0 Å². The number of aromatic amines is 1. The molecule has 0 aliphatic rings. The third-order valence-corrected chi connectivity index (χ3v) is 8.02. The molecule has 0 aliphatic heterocycles. The van der Waals surface area contributed by atoms with Gasteiger partial charge < -0.3 is 4.98 Å². The molecular weight excluding hydrogens is 463 g/mol. The van der Waals surface area contributed by atoms with Crippen molar-refractivity contribution in [3.05, 3.63) is 81.6 Å². The summed E-state index contributed by atoms with van der Waals surface area (Å²) in [5.41, 5.74) is 5.37. The monoisotopic (exact) mass is 486 g/mol. The Hall–Kier alpha value is -2.34. The van der Waals surface area contributed by atoms with Crippen molar-refractivity contribution in [1.82, 2.24) is 9.97 Å². The topological polar surface area (TPSA) is 62.8 Å². The Balaban J connectivity index is 1.73. The fourth-order valence-corrected chi connectivity index (χ4v) is 5.45. The summed E-state index contributed by atoms with van der Waals surface area (Å²) >= 11 is 13.5. The summed E-state index contributed by atoms with van der Waals surface area (Å²) in [6, 6.07) is 16.9. The van der Waals surface area contributed by atoms with Gasteiger partial charge in [0.15, 0.2) is 9.84 Å². The first-order valence-electron chi connectivity index (χ1n) is 10.5. The highest BCUT2D eigenvalue weighted by Gasteiger charge is 2.19. The van der Waals surface area contributed by atoms with Crippen LogP contribution in [0.5, 0.6) is 0 Å². The van der Waals surface area contributed by atoms with Crippen LogP contribution in [0, 0.1) is 0 Å². The summed E-state index contributed by atoms with van der Waals surface area (Å²) in [5.74, 6) is 1.14. The van der Waals surface area contributed by atoms with Gasteiger partial charge >= 0.3 is 0 Å². The van der Waals surface area contributed by atoms with Gasteiger partial charge in [-0.25, -0.2) is 13.4 Å². The van der Waals surface area contributed by atoms with Crippen LogP contribution in [0.3, 0.4) is 0 Å². The van der Waals surface area contributed by atoms with Crippen LogP contribution < -0.4 is 0 Å². The minimum Gasteiger partial charge on any atom is -0.342 e. The second-order valence-electron chi connectivity index (χ2n) is 8.09. The minimum absolute atomic E-state index is 0.0808. The number of benzene rings is 3. The molecule has 166 valence electrons. The smallest absolute Gasteiger partial charge is 0.178 e. The van der Waals surface area contributed by atoms with Crippen LogP contribution in [0.1, 0.15) is 43.6 Å². The molecule has 0 fully saturated rings. The fourth-order valence-electron chi connectivity index (χ4n) is 3.87. The number of halogens is 2. The van der Waals surface area contributed by atoms with Crippen LogP contribution in [-0.2, 0) is 16.3 Å². The first kappa shape index (κ1) is 22.8. The van der Waals surface area contributed by atoms with Gasteiger partial charge in [-0.2, -0.15) is 0 Å². The lowest BCUT2D eigenvalue weighted by molar-refractivity contribution is 0.597. The Morgan fingerprint density at radius 1 is 1.03 bits per heavy atom. The van der Waals surface area contributed by atoms with Gasteiger partial charge in [0.1, 0.15) is 11.3 Å². The lowest BCUT2D eigenvalue weighted by Gasteiger charge is -2.15. The summed E-state index contributed by atoms with van der Waals surface area (Å²) in [7, 11) is -3.22. The molecule has 0 saturated heterocycles. The molecule has 0 bridgehead atoms. The molecule has 0 radical (unpaired) electrons. The third kappa shape index (κ3) is 4.29. The third-order valence-electron chi connectivity index (χ3n) is 5.60.